The number of anilines is 2. The molecule has 0 bridgehead atoms. The highest BCUT2D eigenvalue weighted by Gasteiger charge is 2.36. The van der Waals surface area contributed by atoms with E-state index in [2.05, 4.69) is 20.2 Å². The van der Waals surface area contributed by atoms with E-state index in [1.165, 1.54) is 9.80 Å². The minimum atomic E-state index is -0.303. The number of hydrogen-bond donors (Lipinski definition) is 0. The topological polar surface area (TPSA) is 91.1 Å². The summed E-state index contributed by atoms with van der Waals surface area (Å²) in [6, 6.07) is 7.04. The van der Waals surface area contributed by atoms with E-state index in [0.29, 0.717) is 29.3 Å². The summed E-state index contributed by atoms with van der Waals surface area (Å²) in [5.41, 5.74) is 2.04. The fourth-order valence-electron chi connectivity index (χ4n) is 2.94. The summed E-state index contributed by atoms with van der Waals surface area (Å²) in [4.78, 5) is 36.4. The molecule has 124 valence electrons. The lowest BCUT2D eigenvalue weighted by Gasteiger charge is -2.11. The van der Waals surface area contributed by atoms with Crippen molar-refractivity contribution in [3.63, 3.8) is 0 Å². The number of nitrogens with zero attached hydrogens (tertiary/aromatic N) is 6. The lowest BCUT2D eigenvalue weighted by Crippen LogP contribution is -2.30. The molecule has 2 aromatic rings. The second kappa shape index (κ2) is 5.59. The zero-order chi connectivity index (χ0) is 17.6. The zero-order valence-corrected chi connectivity index (χ0v) is 13.7. The van der Waals surface area contributed by atoms with E-state index in [1.54, 1.807) is 43.7 Å². The van der Waals surface area contributed by atoms with Crippen molar-refractivity contribution in [3.8, 4) is 0 Å². The summed E-state index contributed by atoms with van der Waals surface area (Å²) in [5.74, 6) is -0.0230. The van der Waals surface area contributed by atoms with Crippen molar-refractivity contribution in [2.45, 2.75) is 6.92 Å². The fraction of sp³-hybridized carbons (Fsp3) is 0.176. The van der Waals surface area contributed by atoms with Crippen LogP contribution in [0, 0.1) is 0 Å². The van der Waals surface area contributed by atoms with E-state index in [9.17, 15) is 9.59 Å². The van der Waals surface area contributed by atoms with Crippen LogP contribution in [-0.4, -0.2) is 46.8 Å². The van der Waals surface area contributed by atoms with E-state index in [1.807, 2.05) is 6.92 Å². The third-order valence-electron chi connectivity index (χ3n) is 4.19. The van der Waals surface area contributed by atoms with Gasteiger partial charge in [0.1, 0.15) is 11.5 Å². The van der Waals surface area contributed by atoms with Gasteiger partial charge in [-0.15, -0.1) is 10.2 Å². The first-order chi connectivity index (χ1) is 12.1. The van der Waals surface area contributed by atoms with Gasteiger partial charge in [-0.2, -0.15) is 0 Å². The quantitative estimate of drug-likeness (QED) is 0.767. The summed E-state index contributed by atoms with van der Waals surface area (Å²) >= 11 is 0. The summed E-state index contributed by atoms with van der Waals surface area (Å²) in [7, 11) is 1.65. The summed E-state index contributed by atoms with van der Waals surface area (Å²) in [6.07, 6.45) is 3.21. The molecule has 0 atom stereocenters. The second-order valence-electron chi connectivity index (χ2n) is 5.56. The van der Waals surface area contributed by atoms with Crippen molar-refractivity contribution in [2.75, 3.05) is 23.4 Å². The molecule has 0 unspecified atom stereocenters. The van der Waals surface area contributed by atoms with Crippen LogP contribution in [0.4, 0.5) is 11.5 Å². The number of aromatic nitrogens is 2. The number of rotatable bonds is 2. The second-order valence-corrected chi connectivity index (χ2v) is 5.56. The van der Waals surface area contributed by atoms with Crippen LogP contribution in [0.5, 0.6) is 0 Å². The van der Waals surface area contributed by atoms with Crippen LogP contribution >= 0.6 is 0 Å². The maximum Gasteiger partial charge on any atom is 0.280 e. The van der Waals surface area contributed by atoms with E-state index in [4.69, 9.17) is 0 Å². The Bertz CT molecular complexity index is 965. The predicted octanol–water partition coefficient (Wildman–Crippen LogP) is 1.01. The molecule has 4 rings (SSSR count). The Morgan fingerprint density at radius 3 is 2.52 bits per heavy atom. The Morgan fingerprint density at radius 1 is 1.00 bits per heavy atom. The molecule has 0 aliphatic carbocycles. The predicted molar refractivity (Wildman–Crippen MR) is 93.0 cm³/mol. The molecule has 0 saturated heterocycles. The van der Waals surface area contributed by atoms with Crippen LogP contribution in [0.15, 0.2) is 46.9 Å². The normalized spacial score (nSPS) is 19.1. The van der Waals surface area contributed by atoms with E-state index in [-0.39, 0.29) is 23.2 Å². The molecule has 0 fully saturated rings. The summed E-state index contributed by atoms with van der Waals surface area (Å²) < 4.78 is 0. The number of pyridine rings is 2. The molecule has 2 aromatic heterocycles. The monoisotopic (exact) mass is 334 g/mol. The number of likely N-dealkylation sites (N-methyl/N-ethyl adjacent to an activating group) is 2. The van der Waals surface area contributed by atoms with Gasteiger partial charge >= 0.3 is 0 Å². The number of amides is 2. The molecule has 0 saturated carbocycles. The van der Waals surface area contributed by atoms with Crippen LogP contribution < -0.4 is 9.80 Å². The van der Waals surface area contributed by atoms with Crippen LogP contribution in [0.2, 0.25) is 0 Å². The van der Waals surface area contributed by atoms with Crippen LogP contribution in [-0.2, 0) is 9.59 Å². The van der Waals surface area contributed by atoms with E-state index in [0.717, 1.165) is 0 Å². The average molecular weight is 334 g/mol. The Labute approximate surface area is 143 Å². The van der Waals surface area contributed by atoms with Gasteiger partial charge in [0.25, 0.3) is 11.8 Å². The number of carbonyl (C=O) groups is 2. The van der Waals surface area contributed by atoms with E-state index < -0.39 is 0 Å². The van der Waals surface area contributed by atoms with Gasteiger partial charge in [-0.3, -0.25) is 19.5 Å². The number of fused-ring (bicyclic) bond motifs is 2. The van der Waals surface area contributed by atoms with Crippen LogP contribution in [0.25, 0.3) is 0 Å². The molecular weight excluding hydrogens is 320 g/mol. The fourth-order valence-corrected chi connectivity index (χ4v) is 2.94. The van der Waals surface area contributed by atoms with Crippen molar-refractivity contribution >= 4 is 34.7 Å². The van der Waals surface area contributed by atoms with Crippen molar-refractivity contribution in [1.29, 1.82) is 0 Å². The van der Waals surface area contributed by atoms with Gasteiger partial charge in [-0.25, -0.2) is 4.98 Å². The third-order valence-corrected chi connectivity index (χ3v) is 4.19. The van der Waals surface area contributed by atoms with Crippen molar-refractivity contribution < 1.29 is 9.59 Å². The average Bonchev–Trinajstić information content (AvgIpc) is 3.05. The maximum atomic E-state index is 12.6. The molecule has 2 amide bonds. The van der Waals surface area contributed by atoms with Gasteiger partial charge in [0, 0.05) is 26.0 Å². The summed E-state index contributed by atoms with van der Waals surface area (Å²) in [6.45, 7) is 2.34. The van der Waals surface area contributed by atoms with Crippen molar-refractivity contribution in [3.05, 3.63) is 47.9 Å². The standard InChI is InChI=1S/C17H14N6O2/c1-3-23-15-10(6-4-9-19-15)12(17(23)25)20-21-14-13-11(7-5-8-18-13)22(2)16(14)24/h4-9H,3H2,1-2H3/b20-12+,21-14-. The Balaban J connectivity index is 1.81. The number of hydrogen-bond acceptors (Lipinski definition) is 6. The molecule has 8 heteroatoms. The molecule has 0 spiro atoms. The molecule has 8 nitrogen and oxygen atoms in total. The zero-order valence-electron chi connectivity index (χ0n) is 13.7. The minimum absolute atomic E-state index is 0.124. The van der Waals surface area contributed by atoms with Crippen LogP contribution in [0.3, 0.4) is 0 Å². The van der Waals surface area contributed by atoms with Gasteiger partial charge in [0.05, 0.1) is 11.3 Å². The van der Waals surface area contributed by atoms with Crippen LogP contribution in [0.1, 0.15) is 18.2 Å². The largest absolute Gasteiger partial charge is 0.308 e. The smallest absolute Gasteiger partial charge is 0.280 e. The van der Waals surface area contributed by atoms with Gasteiger partial charge in [0.15, 0.2) is 11.4 Å². The molecule has 2 aliphatic heterocycles. The van der Waals surface area contributed by atoms with Gasteiger partial charge < -0.3 is 4.90 Å². The highest BCUT2D eigenvalue weighted by molar-refractivity contribution is 6.55. The molecule has 25 heavy (non-hydrogen) atoms. The van der Waals surface area contributed by atoms with Crippen molar-refractivity contribution in [2.24, 2.45) is 10.2 Å². The van der Waals surface area contributed by atoms with Gasteiger partial charge in [-0.1, -0.05) is 0 Å². The molecular formula is C17H14N6O2. The molecule has 0 aromatic carbocycles. The lowest BCUT2D eigenvalue weighted by atomic mass is 10.2. The Morgan fingerprint density at radius 2 is 1.72 bits per heavy atom. The first-order valence-corrected chi connectivity index (χ1v) is 7.79. The third kappa shape index (κ3) is 2.14. The molecule has 0 radical (unpaired) electrons. The highest BCUT2D eigenvalue weighted by atomic mass is 16.2. The SMILES string of the molecule is CCN1C(=O)/C(=N/N=C2\C(=O)N(C)c3cccnc32)c2cccnc21. The lowest BCUT2D eigenvalue weighted by molar-refractivity contribution is -0.113. The Hall–Kier alpha value is -3.42. The van der Waals surface area contributed by atoms with Crippen molar-refractivity contribution in [1.82, 2.24) is 9.97 Å². The molecule has 2 aliphatic rings. The first-order valence-electron chi connectivity index (χ1n) is 7.79. The van der Waals surface area contributed by atoms with Gasteiger partial charge in [-0.05, 0) is 31.2 Å². The first kappa shape index (κ1) is 15.1. The van der Waals surface area contributed by atoms with Gasteiger partial charge in [0.2, 0.25) is 0 Å². The number of carbonyl (C=O) groups excluding carboxylic acids is 2. The molecule has 0 N–H and O–H groups in total. The maximum absolute atomic E-state index is 12.6. The molecule has 4 heterocycles. The van der Waals surface area contributed by atoms with E-state index >= 15 is 0 Å². The Kier molecular flexibility index (Phi) is 3.38. The summed E-state index contributed by atoms with van der Waals surface area (Å²) in [5, 5.41) is 8.17. The minimum Gasteiger partial charge on any atom is -0.308 e. The highest BCUT2D eigenvalue weighted by Crippen LogP contribution is 2.28.